The van der Waals surface area contributed by atoms with Crippen molar-refractivity contribution in [1.29, 1.82) is 0 Å². The first-order chi connectivity index (χ1) is 18.2. The van der Waals surface area contributed by atoms with Gasteiger partial charge in [0.15, 0.2) is 0 Å². The van der Waals surface area contributed by atoms with Gasteiger partial charge in [0.25, 0.3) is 0 Å². The summed E-state index contributed by atoms with van der Waals surface area (Å²) in [5.74, 6) is -0.333. The Morgan fingerprint density at radius 1 is 1.16 bits per heavy atom. The molecule has 11 nitrogen and oxygen atoms in total. The van der Waals surface area contributed by atoms with Gasteiger partial charge < -0.3 is 41.1 Å². The van der Waals surface area contributed by atoms with Gasteiger partial charge in [-0.05, 0) is 45.2 Å². The van der Waals surface area contributed by atoms with Crippen LogP contribution in [0.5, 0.6) is 0 Å². The third kappa shape index (κ3) is 8.57. The number of nitrogens with zero attached hydrogens (tertiary/aromatic N) is 3. The number of piperazine rings is 1. The number of benzene rings is 1. The number of anilines is 2. The Labute approximate surface area is 230 Å². The Morgan fingerprint density at radius 2 is 1.82 bits per heavy atom. The van der Waals surface area contributed by atoms with Crippen LogP contribution in [0.1, 0.15) is 20.3 Å². The molecule has 0 saturated carbocycles. The molecule has 5 N–H and O–H groups in total. The molecule has 212 valence electrons. The minimum absolute atomic E-state index is 0.000257. The topological polar surface area (TPSA) is 132 Å². The number of hydrogen-bond acceptors (Lipinski definition) is 9. The first kappa shape index (κ1) is 30.2. The van der Waals surface area contributed by atoms with Crippen molar-refractivity contribution >= 4 is 40.9 Å². The molecule has 2 fully saturated rings. The molecule has 0 radical (unpaired) electrons. The molecule has 12 heteroatoms. The van der Waals surface area contributed by atoms with Crippen molar-refractivity contribution in [2.75, 3.05) is 77.2 Å². The molecule has 2 aliphatic heterocycles. The van der Waals surface area contributed by atoms with E-state index in [2.05, 4.69) is 32.8 Å². The predicted octanol–water partition coefficient (Wildman–Crippen LogP) is 0.443. The van der Waals surface area contributed by atoms with Crippen LogP contribution in [0.25, 0.3) is 0 Å². The fourth-order valence-corrected chi connectivity index (χ4v) is 6.02. The largest absolute Gasteiger partial charge is 0.383 e. The van der Waals surface area contributed by atoms with Gasteiger partial charge in [-0.25, -0.2) is 0 Å². The minimum Gasteiger partial charge on any atom is -0.383 e. The van der Waals surface area contributed by atoms with E-state index < -0.39 is 11.4 Å². The second-order valence-electron chi connectivity index (χ2n) is 9.93. The van der Waals surface area contributed by atoms with Crippen LogP contribution in [-0.4, -0.2) is 122 Å². The number of thioether (sulfide) groups is 1. The van der Waals surface area contributed by atoms with Crippen LogP contribution < -0.4 is 21.7 Å². The fraction of sp³-hybridized carbons (Fsp3) is 0.654. The number of carbonyl (C=O) groups excluding carboxylic acids is 3. The van der Waals surface area contributed by atoms with Crippen molar-refractivity contribution in [1.82, 2.24) is 20.0 Å². The van der Waals surface area contributed by atoms with Crippen molar-refractivity contribution < 1.29 is 19.1 Å². The van der Waals surface area contributed by atoms with E-state index in [0.29, 0.717) is 26.1 Å². The zero-order valence-electron chi connectivity index (χ0n) is 22.9. The SMILES string of the molecule is CCN1C(=O)[C@@H](CNc2ccc(NC(=O)CCN3CCN(C)CC3)cc2)SC1[C@H](N)C(=O)NC(C)COC. The first-order valence-electron chi connectivity index (χ1n) is 13.3. The molecule has 2 aliphatic rings. The Kier molecular flexibility index (Phi) is 11.7. The summed E-state index contributed by atoms with van der Waals surface area (Å²) >= 11 is 1.41. The predicted molar refractivity (Wildman–Crippen MR) is 152 cm³/mol. The van der Waals surface area contributed by atoms with Crippen LogP contribution in [0.15, 0.2) is 24.3 Å². The van der Waals surface area contributed by atoms with Crippen molar-refractivity contribution in [2.45, 2.75) is 43.0 Å². The van der Waals surface area contributed by atoms with Crippen LogP contribution in [0.2, 0.25) is 0 Å². The van der Waals surface area contributed by atoms with Gasteiger partial charge in [-0.1, -0.05) is 0 Å². The van der Waals surface area contributed by atoms with Gasteiger partial charge in [0.1, 0.15) is 16.7 Å². The van der Waals surface area contributed by atoms with Gasteiger partial charge in [-0.3, -0.25) is 14.4 Å². The third-order valence-electron chi connectivity index (χ3n) is 6.84. The van der Waals surface area contributed by atoms with Crippen molar-refractivity contribution in [3.63, 3.8) is 0 Å². The zero-order chi connectivity index (χ0) is 27.7. The number of nitrogens with two attached hydrogens (primary N) is 1. The van der Waals surface area contributed by atoms with E-state index in [1.54, 1.807) is 12.0 Å². The smallest absolute Gasteiger partial charge is 0.240 e. The highest BCUT2D eigenvalue weighted by atomic mass is 32.2. The molecule has 1 aromatic rings. The third-order valence-corrected chi connectivity index (χ3v) is 8.36. The molecule has 3 amide bonds. The minimum atomic E-state index is -0.840. The number of nitrogens with one attached hydrogen (secondary N) is 3. The maximum absolute atomic E-state index is 13.0. The number of carbonyl (C=O) groups is 3. The summed E-state index contributed by atoms with van der Waals surface area (Å²) in [4.78, 5) is 44.3. The molecule has 1 aromatic carbocycles. The summed E-state index contributed by atoms with van der Waals surface area (Å²) in [6.07, 6.45) is 0.464. The number of methoxy groups -OCH3 is 1. The van der Waals surface area contributed by atoms with Crippen LogP contribution in [0.3, 0.4) is 0 Å². The summed E-state index contributed by atoms with van der Waals surface area (Å²) in [6, 6.07) is 6.45. The Hall–Kier alpha value is -2.38. The number of likely N-dealkylation sites (N-methyl/N-ethyl adjacent to an activating group) is 2. The van der Waals surface area contributed by atoms with Crippen LogP contribution in [-0.2, 0) is 19.1 Å². The van der Waals surface area contributed by atoms with E-state index in [0.717, 1.165) is 44.1 Å². The highest BCUT2D eigenvalue weighted by molar-refractivity contribution is 8.01. The molecular weight excluding hydrogens is 506 g/mol. The van der Waals surface area contributed by atoms with E-state index in [1.807, 2.05) is 38.1 Å². The van der Waals surface area contributed by atoms with Gasteiger partial charge in [0, 0.05) is 76.8 Å². The number of hydrogen-bond donors (Lipinski definition) is 4. The van der Waals surface area contributed by atoms with Crippen molar-refractivity contribution in [3.05, 3.63) is 24.3 Å². The quantitative estimate of drug-likeness (QED) is 0.277. The lowest BCUT2D eigenvalue weighted by atomic mass is 10.2. The van der Waals surface area contributed by atoms with E-state index >= 15 is 0 Å². The lowest BCUT2D eigenvalue weighted by molar-refractivity contribution is -0.131. The molecular formula is C26H43N7O4S. The lowest BCUT2D eigenvalue weighted by Crippen LogP contribution is -2.54. The Bertz CT molecular complexity index is 927. The number of amides is 3. The van der Waals surface area contributed by atoms with Gasteiger partial charge in [0.05, 0.1) is 6.61 Å². The molecule has 2 heterocycles. The highest BCUT2D eigenvalue weighted by Crippen LogP contribution is 2.33. The van der Waals surface area contributed by atoms with Crippen LogP contribution in [0.4, 0.5) is 11.4 Å². The summed E-state index contributed by atoms with van der Waals surface area (Å²) in [6.45, 7) is 9.83. The average Bonchev–Trinajstić information content (AvgIpc) is 3.22. The Balaban J connectivity index is 1.45. The van der Waals surface area contributed by atoms with Gasteiger partial charge >= 0.3 is 0 Å². The van der Waals surface area contributed by atoms with E-state index in [-0.39, 0.29) is 29.0 Å². The maximum Gasteiger partial charge on any atom is 0.240 e. The lowest BCUT2D eigenvalue weighted by Gasteiger charge is -2.32. The molecule has 2 saturated heterocycles. The second kappa shape index (κ2) is 14.7. The normalized spacial score (nSPS) is 22.2. The second-order valence-corrected chi connectivity index (χ2v) is 11.3. The first-order valence-corrected chi connectivity index (χ1v) is 14.2. The molecule has 0 aliphatic carbocycles. The van der Waals surface area contributed by atoms with E-state index in [9.17, 15) is 14.4 Å². The molecule has 4 atom stereocenters. The number of rotatable bonds is 13. The summed E-state index contributed by atoms with van der Waals surface area (Å²) in [5, 5.41) is 8.31. The van der Waals surface area contributed by atoms with Gasteiger partial charge in [-0.2, -0.15) is 0 Å². The summed E-state index contributed by atoms with van der Waals surface area (Å²) < 4.78 is 5.07. The molecule has 0 spiro atoms. The molecule has 0 aromatic heterocycles. The zero-order valence-corrected chi connectivity index (χ0v) is 23.8. The summed E-state index contributed by atoms with van der Waals surface area (Å²) in [5.41, 5.74) is 7.84. The highest BCUT2D eigenvalue weighted by Gasteiger charge is 2.44. The standard InChI is InChI=1S/C26H43N7O4S/c1-5-33-25(36)21(38-26(33)23(27)24(35)29-18(2)17-37-4)16-28-19-6-8-20(9-7-19)30-22(34)10-11-32-14-12-31(3)13-15-32/h6-9,18,21,23,26,28H,5,10-17,27H2,1-4H3,(H,29,35)(H,30,34)/t18?,21-,23-,26?/m1/s1. The molecule has 0 bridgehead atoms. The summed E-state index contributed by atoms with van der Waals surface area (Å²) in [7, 11) is 3.69. The maximum atomic E-state index is 13.0. The monoisotopic (exact) mass is 549 g/mol. The average molecular weight is 550 g/mol. The van der Waals surface area contributed by atoms with Gasteiger partial charge in [-0.15, -0.1) is 11.8 Å². The van der Waals surface area contributed by atoms with E-state index in [1.165, 1.54) is 11.8 Å². The Morgan fingerprint density at radius 3 is 2.45 bits per heavy atom. The van der Waals surface area contributed by atoms with Crippen molar-refractivity contribution in [2.24, 2.45) is 5.73 Å². The molecule has 3 rings (SSSR count). The molecule has 38 heavy (non-hydrogen) atoms. The fourth-order valence-electron chi connectivity index (χ4n) is 4.56. The van der Waals surface area contributed by atoms with E-state index in [4.69, 9.17) is 10.5 Å². The van der Waals surface area contributed by atoms with Crippen LogP contribution in [0, 0.1) is 0 Å². The number of ether oxygens (including phenoxy) is 1. The van der Waals surface area contributed by atoms with Crippen molar-refractivity contribution in [3.8, 4) is 0 Å². The molecule has 2 unspecified atom stereocenters. The van der Waals surface area contributed by atoms with Crippen LogP contribution >= 0.6 is 11.8 Å². The van der Waals surface area contributed by atoms with Gasteiger partial charge in [0.2, 0.25) is 17.7 Å².